The predicted molar refractivity (Wildman–Crippen MR) is 136 cm³/mol. The van der Waals surface area contributed by atoms with Crippen LogP contribution in [-0.2, 0) is 16.6 Å². The number of sulfonamides is 1. The third-order valence-electron chi connectivity index (χ3n) is 6.25. The van der Waals surface area contributed by atoms with Crippen LogP contribution in [0.15, 0.2) is 40.8 Å². The molecule has 0 fully saturated rings. The van der Waals surface area contributed by atoms with Gasteiger partial charge in [0.15, 0.2) is 5.76 Å². The third kappa shape index (κ3) is 4.56. The summed E-state index contributed by atoms with van der Waals surface area (Å²) in [6.07, 6.45) is -0.655. The van der Waals surface area contributed by atoms with Crippen molar-refractivity contribution in [3.63, 3.8) is 0 Å². The molecule has 1 aliphatic heterocycles. The summed E-state index contributed by atoms with van der Waals surface area (Å²) < 4.78 is 54.9. The van der Waals surface area contributed by atoms with E-state index < -0.39 is 21.4 Å². The number of nitrogens with zero attached hydrogens (tertiary/aromatic N) is 5. The number of nitrogens with one attached hydrogen (secondary N) is 1. The number of aliphatic hydroxyl groups is 1. The smallest absolute Gasteiger partial charge is 0.243 e. The van der Waals surface area contributed by atoms with Crippen LogP contribution in [0.4, 0.5) is 5.95 Å². The molecule has 4 heterocycles. The Kier molecular flexibility index (Phi) is 6.75. The fraction of sp³-hybridized carbons (Fsp3) is 0.375. The highest BCUT2D eigenvalue weighted by Crippen LogP contribution is 2.38. The molecule has 5 rings (SSSR count). The molecule has 0 unspecified atom stereocenters. The minimum absolute atomic E-state index is 0.150. The van der Waals surface area contributed by atoms with Gasteiger partial charge in [-0.15, -0.1) is 10.2 Å². The van der Waals surface area contributed by atoms with Crippen molar-refractivity contribution in [3.8, 4) is 34.7 Å². The Balaban J connectivity index is 1.55. The number of benzene rings is 1. The van der Waals surface area contributed by atoms with Crippen molar-refractivity contribution in [2.75, 3.05) is 25.5 Å². The maximum atomic E-state index is 13.5. The number of rotatable bonds is 9. The van der Waals surface area contributed by atoms with Crippen LogP contribution in [0.2, 0.25) is 0 Å². The summed E-state index contributed by atoms with van der Waals surface area (Å²) in [7, 11) is -1.26. The largest absolute Gasteiger partial charge is 0.494 e. The Morgan fingerprint density at radius 1 is 1.13 bits per heavy atom. The van der Waals surface area contributed by atoms with Gasteiger partial charge in [0.1, 0.15) is 34.3 Å². The van der Waals surface area contributed by atoms with Gasteiger partial charge in [0.25, 0.3) is 0 Å². The van der Waals surface area contributed by atoms with E-state index in [1.165, 1.54) is 25.7 Å². The fourth-order valence-corrected chi connectivity index (χ4v) is 5.24. The van der Waals surface area contributed by atoms with Gasteiger partial charge in [0.05, 0.1) is 26.5 Å². The summed E-state index contributed by atoms with van der Waals surface area (Å²) in [5.74, 6) is 2.30. The van der Waals surface area contributed by atoms with E-state index in [9.17, 15) is 13.5 Å². The Labute approximate surface area is 219 Å². The second kappa shape index (κ2) is 10.0. The van der Waals surface area contributed by atoms with Crippen molar-refractivity contribution in [2.45, 2.75) is 38.2 Å². The Hall–Kier alpha value is -4.04. The second-order valence-electron chi connectivity index (χ2n) is 8.73. The van der Waals surface area contributed by atoms with Gasteiger partial charge in [-0.1, -0.05) is 6.07 Å². The molecule has 4 aromatic rings. The molecule has 0 amide bonds. The molecule has 38 heavy (non-hydrogen) atoms. The van der Waals surface area contributed by atoms with Gasteiger partial charge in [0.2, 0.25) is 27.7 Å². The number of hydrogen-bond donors (Lipinski definition) is 2. The Morgan fingerprint density at radius 2 is 1.87 bits per heavy atom. The van der Waals surface area contributed by atoms with E-state index in [0.717, 1.165) is 6.42 Å². The number of hydrogen-bond acceptors (Lipinski definition) is 10. The SMILES string of the molecule is COc1cccc(OC)c1-n1c(NS(=O)(=O)[C@@H](C)[C@H](O)c2cc3n(n2)CCCO3)nnc1-c1ccc(C)o1. The van der Waals surface area contributed by atoms with Gasteiger partial charge in [-0.2, -0.15) is 5.10 Å². The Morgan fingerprint density at radius 3 is 2.50 bits per heavy atom. The topological polar surface area (TPSA) is 156 Å². The van der Waals surface area contributed by atoms with Crippen LogP contribution in [0.5, 0.6) is 17.4 Å². The minimum atomic E-state index is -4.22. The first-order valence-corrected chi connectivity index (χ1v) is 13.4. The molecular weight excluding hydrogens is 516 g/mol. The summed E-state index contributed by atoms with van der Waals surface area (Å²) >= 11 is 0. The molecule has 0 aliphatic carbocycles. The first kappa shape index (κ1) is 25.6. The zero-order valence-electron chi connectivity index (χ0n) is 21.3. The molecule has 0 spiro atoms. The van der Waals surface area contributed by atoms with Gasteiger partial charge in [0, 0.05) is 19.0 Å². The van der Waals surface area contributed by atoms with Crippen molar-refractivity contribution in [3.05, 3.63) is 47.9 Å². The maximum absolute atomic E-state index is 13.5. The number of furan rings is 1. The molecule has 0 saturated carbocycles. The minimum Gasteiger partial charge on any atom is -0.494 e. The monoisotopic (exact) mass is 544 g/mol. The van der Waals surface area contributed by atoms with Crippen LogP contribution in [0, 0.1) is 6.92 Å². The van der Waals surface area contributed by atoms with Gasteiger partial charge < -0.3 is 23.7 Å². The zero-order chi connectivity index (χ0) is 27.0. The van der Waals surface area contributed by atoms with Crippen molar-refractivity contribution in [1.29, 1.82) is 0 Å². The average Bonchev–Trinajstić information content (AvgIpc) is 3.65. The second-order valence-corrected chi connectivity index (χ2v) is 10.8. The number of ether oxygens (including phenoxy) is 3. The summed E-state index contributed by atoms with van der Waals surface area (Å²) in [6.45, 7) is 4.32. The van der Waals surface area contributed by atoms with Gasteiger partial charge in [-0.05, 0) is 38.1 Å². The van der Waals surface area contributed by atoms with Gasteiger partial charge in [-0.25, -0.2) is 13.1 Å². The first-order valence-electron chi connectivity index (χ1n) is 11.9. The van der Waals surface area contributed by atoms with E-state index in [4.69, 9.17) is 18.6 Å². The molecule has 2 N–H and O–H groups in total. The van der Waals surface area contributed by atoms with Gasteiger partial charge in [-0.3, -0.25) is 9.29 Å². The lowest BCUT2D eigenvalue weighted by Gasteiger charge is -2.20. The van der Waals surface area contributed by atoms with Crippen molar-refractivity contribution < 1.29 is 32.2 Å². The lowest BCUT2D eigenvalue weighted by molar-refractivity contribution is 0.170. The molecule has 1 aromatic carbocycles. The lowest BCUT2D eigenvalue weighted by atomic mass is 10.2. The highest BCUT2D eigenvalue weighted by molar-refractivity contribution is 7.93. The van der Waals surface area contributed by atoms with Gasteiger partial charge >= 0.3 is 0 Å². The van der Waals surface area contributed by atoms with Crippen molar-refractivity contribution in [1.82, 2.24) is 24.5 Å². The molecule has 0 saturated heterocycles. The van der Waals surface area contributed by atoms with Crippen LogP contribution in [0.1, 0.15) is 30.9 Å². The van der Waals surface area contributed by atoms with Crippen molar-refractivity contribution >= 4 is 16.0 Å². The predicted octanol–water partition coefficient (Wildman–Crippen LogP) is 2.70. The van der Waals surface area contributed by atoms with E-state index in [2.05, 4.69) is 20.0 Å². The number of aliphatic hydroxyl groups excluding tert-OH is 1. The zero-order valence-corrected chi connectivity index (χ0v) is 22.1. The molecule has 202 valence electrons. The normalized spacial score (nSPS) is 14.9. The number of para-hydroxylation sites is 1. The standard InChI is InChI=1S/C24H28N6O7S/c1-14-9-10-19(37-14)23-25-26-24(30(23)21-17(34-3)7-5-8-18(21)35-4)28-38(32,33)15(2)22(31)16-13-20-29(27-16)11-6-12-36-20/h5,7-10,13,15,22,31H,6,11-12H2,1-4H3,(H,26,28)/t15-,22-/m0/s1. The number of aromatic nitrogens is 5. The van der Waals surface area contributed by atoms with E-state index in [-0.39, 0.29) is 17.5 Å². The van der Waals surface area contributed by atoms with Crippen LogP contribution in [-0.4, -0.2) is 64.1 Å². The molecule has 0 radical (unpaired) electrons. The lowest BCUT2D eigenvalue weighted by Crippen LogP contribution is -2.32. The van der Waals surface area contributed by atoms with Crippen LogP contribution in [0.25, 0.3) is 17.3 Å². The fourth-order valence-electron chi connectivity index (χ4n) is 4.19. The molecule has 13 nitrogen and oxygen atoms in total. The number of fused-ring (bicyclic) bond motifs is 1. The third-order valence-corrected chi connectivity index (χ3v) is 7.95. The number of methoxy groups -OCH3 is 2. The average molecular weight is 545 g/mol. The molecule has 0 bridgehead atoms. The van der Waals surface area contributed by atoms with Crippen LogP contribution in [0.3, 0.4) is 0 Å². The Bertz CT molecular complexity index is 1510. The summed E-state index contributed by atoms with van der Waals surface area (Å²) in [5.41, 5.74) is 0.552. The number of aryl methyl sites for hydroxylation is 2. The molecule has 3 aromatic heterocycles. The van der Waals surface area contributed by atoms with E-state index in [0.29, 0.717) is 47.7 Å². The van der Waals surface area contributed by atoms with Crippen LogP contribution < -0.4 is 18.9 Å². The number of anilines is 1. The quantitative estimate of drug-likeness (QED) is 0.321. The summed E-state index contributed by atoms with van der Waals surface area (Å²) in [5, 5.41) is 22.3. The highest BCUT2D eigenvalue weighted by Gasteiger charge is 2.34. The van der Waals surface area contributed by atoms with E-state index in [1.807, 2.05) is 0 Å². The van der Waals surface area contributed by atoms with Crippen LogP contribution >= 0.6 is 0 Å². The maximum Gasteiger partial charge on any atom is 0.243 e. The van der Waals surface area contributed by atoms with Crippen molar-refractivity contribution in [2.24, 2.45) is 0 Å². The molecule has 1 aliphatic rings. The molecule has 14 heteroatoms. The molecule has 2 atom stereocenters. The molecular formula is C24H28N6O7S. The summed E-state index contributed by atoms with van der Waals surface area (Å²) in [4.78, 5) is 0. The first-order chi connectivity index (χ1) is 18.2. The highest BCUT2D eigenvalue weighted by atomic mass is 32.2. The summed E-state index contributed by atoms with van der Waals surface area (Å²) in [6, 6.07) is 10.1. The van der Waals surface area contributed by atoms with E-state index >= 15 is 0 Å². The van der Waals surface area contributed by atoms with E-state index in [1.54, 1.807) is 48.0 Å².